The Hall–Kier alpha value is -2.30. The van der Waals surface area contributed by atoms with E-state index in [1.807, 2.05) is 31.2 Å². The van der Waals surface area contributed by atoms with Crippen LogP contribution >= 0.6 is 0 Å². The van der Waals surface area contributed by atoms with Gasteiger partial charge in [-0.3, -0.25) is 4.79 Å². The lowest BCUT2D eigenvalue weighted by Gasteiger charge is -2.17. The van der Waals surface area contributed by atoms with Crippen molar-refractivity contribution in [1.29, 1.82) is 0 Å². The molecule has 1 aliphatic carbocycles. The Balaban J connectivity index is 1.75. The third kappa shape index (κ3) is 3.61. The second-order valence-corrected chi connectivity index (χ2v) is 6.47. The summed E-state index contributed by atoms with van der Waals surface area (Å²) in [6.07, 6.45) is 4.04. The number of esters is 1. The molecule has 2 N–H and O–H groups in total. The first-order chi connectivity index (χ1) is 11.6. The van der Waals surface area contributed by atoms with Crippen LogP contribution in [0.1, 0.15) is 48.7 Å². The number of benzene rings is 1. The topological polar surface area (TPSA) is 71.2 Å². The number of H-pyrrole nitrogens is 1. The number of aromatic amines is 1. The van der Waals surface area contributed by atoms with E-state index in [4.69, 9.17) is 4.74 Å². The van der Waals surface area contributed by atoms with Crippen molar-refractivity contribution in [3.8, 4) is 0 Å². The van der Waals surface area contributed by atoms with Crippen LogP contribution in [-0.4, -0.2) is 29.5 Å². The predicted octanol–water partition coefficient (Wildman–Crippen LogP) is 3.33. The number of fused-ring (bicyclic) bond motifs is 1. The van der Waals surface area contributed by atoms with Gasteiger partial charge in [-0.1, -0.05) is 31.0 Å². The lowest BCUT2D eigenvalue weighted by Crippen LogP contribution is -2.42. The molecular weight excluding hydrogens is 304 g/mol. The third-order valence-electron chi connectivity index (χ3n) is 4.63. The summed E-state index contributed by atoms with van der Waals surface area (Å²) in [6, 6.07) is 7.21. The van der Waals surface area contributed by atoms with E-state index in [1.165, 1.54) is 12.8 Å². The standard InChI is InChI=1S/C19H24N2O3/c1-3-24-19(23)16(11-10-13-8-9-13)21-18(22)17-12(2)14-6-4-5-7-15(14)20-17/h4-7,13,16,20H,3,8-11H2,1-2H3,(H,21,22). The molecule has 0 radical (unpaired) electrons. The molecule has 3 rings (SSSR count). The van der Waals surface area contributed by atoms with Gasteiger partial charge in [-0.05, 0) is 44.2 Å². The van der Waals surface area contributed by atoms with Gasteiger partial charge in [0.15, 0.2) is 0 Å². The van der Waals surface area contributed by atoms with Gasteiger partial charge in [-0.25, -0.2) is 4.79 Å². The lowest BCUT2D eigenvalue weighted by atomic mass is 10.1. The molecule has 5 nitrogen and oxygen atoms in total. The number of hydrogen-bond donors (Lipinski definition) is 2. The molecule has 0 aliphatic heterocycles. The Morgan fingerprint density at radius 1 is 1.33 bits per heavy atom. The zero-order valence-corrected chi connectivity index (χ0v) is 14.2. The van der Waals surface area contributed by atoms with Gasteiger partial charge in [-0.15, -0.1) is 0 Å². The largest absolute Gasteiger partial charge is 0.464 e. The molecular formula is C19H24N2O3. The fourth-order valence-corrected chi connectivity index (χ4v) is 3.04. The first-order valence-corrected chi connectivity index (χ1v) is 8.65. The van der Waals surface area contributed by atoms with Crippen LogP contribution in [0.4, 0.5) is 0 Å². The number of carbonyl (C=O) groups excluding carboxylic acids is 2. The molecule has 1 amide bonds. The molecule has 1 fully saturated rings. The minimum Gasteiger partial charge on any atom is -0.464 e. The quantitative estimate of drug-likeness (QED) is 0.766. The molecule has 0 saturated heterocycles. The van der Waals surface area contributed by atoms with Gasteiger partial charge >= 0.3 is 5.97 Å². The molecule has 1 atom stereocenters. The molecule has 0 bridgehead atoms. The summed E-state index contributed by atoms with van der Waals surface area (Å²) < 4.78 is 5.12. The van der Waals surface area contributed by atoms with Crippen molar-refractivity contribution in [2.24, 2.45) is 5.92 Å². The van der Waals surface area contributed by atoms with Gasteiger partial charge in [0.05, 0.1) is 6.61 Å². The highest BCUT2D eigenvalue weighted by molar-refractivity contribution is 6.02. The van der Waals surface area contributed by atoms with Crippen LogP contribution < -0.4 is 5.32 Å². The van der Waals surface area contributed by atoms with Gasteiger partial charge < -0.3 is 15.0 Å². The highest BCUT2D eigenvalue weighted by Gasteiger charge is 2.28. The monoisotopic (exact) mass is 328 g/mol. The van der Waals surface area contributed by atoms with Crippen molar-refractivity contribution < 1.29 is 14.3 Å². The van der Waals surface area contributed by atoms with Gasteiger partial charge in [-0.2, -0.15) is 0 Å². The summed E-state index contributed by atoms with van der Waals surface area (Å²) in [5.74, 6) is 0.103. The van der Waals surface area contributed by atoms with E-state index in [1.54, 1.807) is 6.92 Å². The maximum Gasteiger partial charge on any atom is 0.328 e. The van der Waals surface area contributed by atoms with Crippen LogP contribution in [0.2, 0.25) is 0 Å². The number of para-hydroxylation sites is 1. The van der Waals surface area contributed by atoms with Crippen molar-refractivity contribution in [3.63, 3.8) is 0 Å². The Bertz CT molecular complexity index is 746. The SMILES string of the molecule is CCOC(=O)C(CCC1CC1)NC(=O)c1[nH]c2ccccc2c1C. The van der Waals surface area contributed by atoms with E-state index < -0.39 is 6.04 Å². The fourth-order valence-electron chi connectivity index (χ4n) is 3.04. The summed E-state index contributed by atoms with van der Waals surface area (Å²) in [5, 5.41) is 3.88. The summed E-state index contributed by atoms with van der Waals surface area (Å²) in [4.78, 5) is 28.0. The molecule has 5 heteroatoms. The fraction of sp³-hybridized carbons (Fsp3) is 0.474. The third-order valence-corrected chi connectivity index (χ3v) is 4.63. The molecule has 2 aromatic rings. The molecule has 1 aliphatic rings. The number of aromatic nitrogens is 1. The van der Waals surface area contributed by atoms with Crippen LogP contribution in [-0.2, 0) is 9.53 Å². The highest BCUT2D eigenvalue weighted by Crippen LogP contribution is 2.34. The molecule has 1 aromatic heterocycles. The Kier molecular flexibility index (Phi) is 4.88. The van der Waals surface area contributed by atoms with Gasteiger partial charge in [0.1, 0.15) is 11.7 Å². The average molecular weight is 328 g/mol. The van der Waals surface area contributed by atoms with E-state index in [-0.39, 0.29) is 11.9 Å². The minimum absolute atomic E-state index is 0.252. The van der Waals surface area contributed by atoms with Crippen molar-refractivity contribution in [2.75, 3.05) is 6.61 Å². The summed E-state index contributed by atoms with van der Waals surface area (Å²) in [6.45, 7) is 4.01. The second-order valence-electron chi connectivity index (χ2n) is 6.47. The minimum atomic E-state index is -0.580. The van der Waals surface area contributed by atoms with E-state index in [9.17, 15) is 9.59 Å². The van der Waals surface area contributed by atoms with E-state index in [0.29, 0.717) is 24.6 Å². The smallest absolute Gasteiger partial charge is 0.328 e. The molecule has 1 aromatic carbocycles. The highest BCUT2D eigenvalue weighted by atomic mass is 16.5. The lowest BCUT2D eigenvalue weighted by molar-refractivity contribution is -0.145. The van der Waals surface area contributed by atoms with Crippen molar-refractivity contribution in [1.82, 2.24) is 10.3 Å². The number of hydrogen-bond acceptors (Lipinski definition) is 3. The Labute approximate surface area is 141 Å². The number of carbonyl (C=O) groups is 2. The maximum absolute atomic E-state index is 12.7. The number of nitrogens with one attached hydrogen (secondary N) is 2. The van der Waals surface area contributed by atoms with Crippen molar-refractivity contribution in [2.45, 2.75) is 45.6 Å². The predicted molar refractivity (Wildman–Crippen MR) is 92.9 cm³/mol. The van der Waals surface area contributed by atoms with Crippen LogP contribution in [0, 0.1) is 12.8 Å². The van der Waals surface area contributed by atoms with Crippen LogP contribution in [0.3, 0.4) is 0 Å². The first kappa shape index (κ1) is 16.6. The van der Waals surface area contributed by atoms with Crippen LogP contribution in [0.15, 0.2) is 24.3 Å². The number of ether oxygens (including phenoxy) is 1. The Morgan fingerprint density at radius 3 is 2.75 bits per heavy atom. The normalized spacial score (nSPS) is 15.2. The maximum atomic E-state index is 12.7. The molecule has 1 saturated carbocycles. The number of aryl methyl sites for hydroxylation is 1. The van der Waals surface area contributed by atoms with Crippen LogP contribution in [0.5, 0.6) is 0 Å². The second kappa shape index (κ2) is 7.07. The molecule has 24 heavy (non-hydrogen) atoms. The zero-order valence-electron chi connectivity index (χ0n) is 14.2. The van der Waals surface area contributed by atoms with Crippen LogP contribution in [0.25, 0.3) is 10.9 Å². The van der Waals surface area contributed by atoms with Gasteiger partial charge in [0, 0.05) is 10.9 Å². The van der Waals surface area contributed by atoms with Crippen molar-refractivity contribution >= 4 is 22.8 Å². The van der Waals surface area contributed by atoms with Gasteiger partial charge in [0.25, 0.3) is 5.91 Å². The molecule has 0 spiro atoms. The average Bonchev–Trinajstić information content (AvgIpc) is 3.34. The molecule has 128 valence electrons. The summed E-state index contributed by atoms with van der Waals surface area (Å²) in [7, 11) is 0. The Morgan fingerprint density at radius 2 is 2.08 bits per heavy atom. The van der Waals surface area contributed by atoms with Gasteiger partial charge in [0.2, 0.25) is 0 Å². The van der Waals surface area contributed by atoms with E-state index in [2.05, 4.69) is 10.3 Å². The van der Waals surface area contributed by atoms with E-state index in [0.717, 1.165) is 22.9 Å². The zero-order chi connectivity index (χ0) is 17.1. The number of amides is 1. The van der Waals surface area contributed by atoms with E-state index >= 15 is 0 Å². The summed E-state index contributed by atoms with van der Waals surface area (Å²) >= 11 is 0. The first-order valence-electron chi connectivity index (χ1n) is 8.65. The summed E-state index contributed by atoms with van der Waals surface area (Å²) in [5.41, 5.74) is 2.33. The molecule has 1 heterocycles. The van der Waals surface area contributed by atoms with Crippen molar-refractivity contribution in [3.05, 3.63) is 35.5 Å². The molecule has 1 unspecified atom stereocenters. The number of rotatable bonds is 7.